The van der Waals surface area contributed by atoms with Gasteiger partial charge in [-0.05, 0) is 52.8 Å². The molecule has 0 amide bonds. The summed E-state index contributed by atoms with van der Waals surface area (Å²) in [5.41, 5.74) is 6.15. The summed E-state index contributed by atoms with van der Waals surface area (Å²) < 4.78 is 0. The van der Waals surface area contributed by atoms with Crippen molar-refractivity contribution in [1.29, 1.82) is 0 Å². The number of carbonyl (C=O) groups is 1. The molecular formula is C25H30N2OS. The van der Waals surface area contributed by atoms with Gasteiger partial charge >= 0.3 is 0 Å². The standard InChI is InChI=1S/C25H30N2OS/c1-19(28)29-18-17-27(4)22-11-9-20(10-12-22)21-13-15-25(2,3)23-7-5-6-8-24(23)26-16-14-21/h5-14,16,26H,15,17-18H2,1-4H3/b16-14-,21-13+. The van der Waals surface area contributed by atoms with Crippen molar-refractivity contribution < 1.29 is 4.79 Å². The number of anilines is 2. The van der Waals surface area contributed by atoms with Gasteiger partial charge in [-0.3, -0.25) is 4.79 Å². The van der Waals surface area contributed by atoms with Crippen LogP contribution in [0.3, 0.4) is 0 Å². The van der Waals surface area contributed by atoms with E-state index in [0.717, 1.165) is 24.4 Å². The summed E-state index contributed by atoms with van der Waals surface area (Å²) in [6.45, 7) is 7.06. The van der Waals surface area contributed by atoms with Crippen molar-refractivity contribution >= 4 is 33.8 Å². The van der Waals surface area contributed by atoms with Crippen molar-refractivity contribution in [2.24, 2.45) is 0 Å². The average Bonchev–Trinajstić information content (AvgIpc) is 2.76. The molecule has 0 bridgehead atoms. The number of hydrogen-bond donors (Lipinski definition) is 1. The lowest BCUT2D eigenvalue weighted by Crippen LogP contribution is -2.20. The van der Waals surface area contributed by atoms with Gasteiger partial charge in [-0.1, -0.05) is 62.0 Å². The van der Waals surface area contributed by atoms with Crippen molar-refractivity contribution in [2.45, 2.75) is 32.6 Å². The normalized spacial score (nSPS) is 18.1. The van der Waals surface area contributed by atoms with E-state index in [4.69, 9.17) is 0 Å². The molecular weight excluding hydrogens is 376 g/mol. The average molecular weight is 407 g/mol. The van der Waals surface area contributed by atoms with E-state index in [1.165, 1.54) is 34.1 Å². The number of fused-ring (bicyclic) bond motifs is 1. The van der Waals surface area contributed by atoms with Gasteiger partial charge in [0.15, 0.2) is 5.12 Å². The first kappa shape index (κ1) is 21.3. The van der Waals surface area contributed by atoms with Crippen LogP contribution in [0.2, 0.25) is 0 Å². The second kappa shape index (κ2) is 9.36. The summed E-state index contributed by atoms with van der Waals surface area (Å²) in [6.07, 6.45) is 7.49. The largest absolute Gasteiger partial charge is 0.374 e. The number of rotatable bonds is 5. The Kier molecular flexibility index (Phi) is 6.86. The van der Waals surface area contributed by atoms with Crippen molar-refractivity contribution in [3.05, 3.63) is 78.0 Å². The molecule has 2 aromatic rings. The highest BCUT2D eigenvalue weighted by atomic mass is 32.2. The highest BCUT2D eigenvalue weighted by molar-refractivity contribution is 8.13. The molecule has 3 nitrogen and oxygen atoms in total. The fourth-order valence-corrected chi connectivity index (χ4v) is 4.19. The predicted octanol–water partition coefficient (Wildman–Crippen LogP) is 6.09. The molecule has 0 saturated carbocycles. The van der Waals surface area contributed by atoms with Crippen LogP contribution in [0.5, 0.6) is 0 Å². The van der Waals surface area contributed by atoms with Gasteiger partial charge in [-0.2, -0.15) is 0 Å². The number of nitrogens with zero attached hydrogens (tertiary/aromatic N) is 1. The second-order valence-electron chi connectivity index (χ2n) is 8.08. The number of allylic oxidation sites excluding steroid dienone is 3. The third-order valence-electron chi connectivity index (χ3n) is 5.36. The Balaban J connectivity index is 1.76. The van der Waals surface area contributed by atoms with Crippen molar-refractivity contribution in [3.63, 3.8) is 0 Å². The van der Waals surface area contributed by atoms with Crippen LogP contribution in [0, 0.1) is 0 Å². The fourth-order valence-electron chi connectivity index (χ4n) is 3.54. The number of carbonyl (C=O) groups excluding carboxylic acids is 1. The molecule has 0 radical (unpaired) electrons. The first-order valence-electron chi connectivity index (χ1n) is 10.0. The Morgan fingerprint density at radius 1 is 1.14 bits per heavy atom. The molecule has 152 valence electrons. The molecule has 3 rings (SSSR count). The molecule has 0 atom stereocenters. The van der Waals surface area contributed by atoms with Crippen LogP contribution >= 0.6 is 11.8 Å². The Bertz CT molecular complexity index is 913. The highest BCUT2D eigenvalue weighted by Gasteiger charge is 2.23. The highest BCUT2D eigenvalue weighted by Crippen LogP contribution is 2.35. The Morgan fingerprint density at radius 3 is 2.59 bits per heavy atom. The third-order valence-corrected chi connectivity index (χ3v) is 6.16. The number of nitrogens with one attached hydrogen (secondary N) is 1. The van der Waals surface area contributed by atoms with Crippen LogP contribution in [0.4, 0.5) is 11.4 Å². The molecule has 0 aromatic heterocycles. The summed E-state index contributed by atoms with van der Waals surface area (Å²) in [5.74, 6) is 0.808. The molecule has 1 aliphatic rings. The number of thioether (sulfide) groups is 1. The van der Waals surface area contributed by atoms with Gasteiger partial charge in [0.1, 0.15) is 0 Å². The van der Waals surface area contributed by atoms with Crippen molar-refractivity contribution in [2.75, 3.05) is 29.6 Å². The molecule has 0 unspecified atom stereocenters. The van der Waals surface area contributed by atoms with Crippen LogP contribution < -0.4 is 10.2 Å². The summed E-state index contributed by atoms with van der Waals surface area (Å²) in [7, 11) is 2.07. The van der Waals surface area contributed by atoms with E-state index in [-0.39, 0.29) is 10.5 Å². The van der Waals surface area contributed by atoms with Gasteiger partial charge in [0, 0.05) is 43.8 Å². The zero-order chi connectivity index (χ0) is 20.9. The number of para-hydroxylation sites is 1. The SMILES string of the molecule is CC(=O)SCCN(C)c1ccc(C2=C/CC(C)(C)c3ccccc3N/C=C\2)cc1. The van der Waals surface area contributed by atoms with Crippen LogP contribution in [0.15, 0.2) is 66.9 Å². The second-order valence-corrected chi connectivity index (χ2v) is 9.35. The zero-order valence-corrected chi connectivity index (χ0v) is 18.6. The van der Waals surface area contributed by atoms with E-state index < -0.39 is 0 Å². The van der Waals surface area contributed by atoms with Gasteiger partial charge in [0.25, 0.3) is 0 Å². The van der Waals surface area contributed by atoms with Gasteiger partial charge in [-0.15, -0.1) is 0 Å². The van der Waals surface area contributed by atoms with Gasteiger partial charge in [0.2, 0.25) is 0 Å². The molecule has 0 aliphatic carbocycles. The van der Waals surface area contributed by atoms with E-state index in [0.29, 0.717) is 0 Å². The summed E-state index contributed by atoms with van der Waals surface area (Å²) in [4.78, 5) is 13.3. The van der Waals surface area contributed by atoms with E-state index in [1.807, 2.05) is 6.20 Å². The van der Waals surface area contributed by atoms with Gasteiger partial charge in [0.05, 0.1) is 0 Å². The zero-order valence-electron chi connectivity index (χ0n) is 17.7. The van der Waals surface area contributed by atoms with E-state index in [1.54, 1.807) is 6.92 Å². The van der Waals surface area contributed by atoms with E-state index in [9.17, 15) is 4.79 Å². The maximum Gasteiger partial charge on any atom is 0.185 e. The molecule has 1 aliphatic heterocycles. The molecule has 4 heteroatoms. The van der Waals surface area contributed by atoms with Gasteiger partial charge in [-0.25, -0.2) is 0 Å². The van der Waals surface area contributed by atoms with Gasteiger partial charge < -0.3 is 10.2 Å². The molecule has 1 N–H and O–H groups in total. The Hall–Kier alpha value is -2.46. The van der Waals surface area contributed by atoms with E-state index >= 15 is 0 Å². The Morgan fingerprint density at radius 2 is 1.86 bits per heavy atom. The lowest BCUT2D eigenvalue weighted by atomic mass is 9.80. The minimum absolute atomic E-state index is 0.0510. The smallest absolute Gasteiger partial charge is 0.185 e. The summed E-state index contributed by atoms with van der Waals surface area (Å²) in [5, 5.41) is 3.64. The Labute approximate surface area is 178 Å². The maximum absolute atomic E-state index is 11.1. The topological polar surface area (TPSA) is 32.3 Å². The molecule has 2 aromatic carbocycles. The van der Waals surface area contributed by atoms with Crippen LogP contribution in [0.1, 0.15) is 38.3 Å². The van der Waals surface area contributed by atoms with Crippen molar-refractivity contribution in [3.8, 4) is 0 Å². The van der Waals surface area contributed by atoms with Crippen molar-refractivity contribution in [1.82, 2.24) is 0 Å². The van der Waals surface area contributed by atoms with E-state index in [2.05, 4.69) is 91.8 Å². The minimum atomic E-state index is 0.0510. The molecule has 0 saturated heterocycles. The van der Waals surface area contributed by atoms with Crippen LogP contribution in [-0.4, -0.2) is 24.5 Å². The third kappa shape index (κ3) is 5.54. The fraction of sp³-hybridized carbons (Fsp3) is 0.320. The monoisotopic (exact) mass is 406 g/mol. The maximum atomic E-state index is 11.1. The quantitative estimate of drug-likeness (QED) is 0.651. The van der Waals surface area contributed by atoms with Crippen LogP contribution in [-0.2, 0) is 10.2 Å². The first-order chi connectivity index (χ1) is 13.9. The molecule has 29 heavy (non-hydrogen) atoms. The molecule has 0 spiro atoms. The number of hydrogen-bond acceptors (Lipinski definition) is 4. The molecule has 0 fully saturated rings. The summed E-state index contributed by atoms with van der Waals surface area (Å²) >= 11 is 1.38. The first-order valence-corrected chi connectivity index (χ1v) is 11.0. The lowest BCUT2D eigenvalue weighted by Gasteiger charge is -2.26. The lowest BCUT2D eigenvalue weighted by molar-refractivity contribution is -0.109. The predicted molar refractivity (Wildman–Crippen MR) is 128 cm³/mol. The summed E-state index contributed by atoms with van der Waals surface area (Å²) in [6, 6.07) is 17.2. The minimum Gasteiger partial charge on any atom is -0.374 e. The van der Waals surface area contributed by atoms with Crippen LogP contribution in [0.25, 0.3) is 5.57 Å². The number of benzene rings is 2. The molecule has 1 heterocycles.